The highest BCUT2D eigenvalue weighted by molar-refractivity contribution is 8.26. The molecule has 14 heteroatoms. The van der Waals surface area contributed by atoms with E-state index in [4.69, 9.17) is 16.2 Å². The van der Waals surface area contributed by atoms with Crippen LogP contribution in [0.5, 0.6) is 5.75 Å². The number of hydrogen-bond donors (Lipinski definition) is 7. The van der Waals surface area contributed by atoms with Crippen molar-refractivity contribution in [2.75, 3.05) is 13.6 Å². The van der Waals surface area contributed by atoms with Crippen LogP contribution in [0, 0.1) is 33.8 Å². The number of pyridine rings is 1. The highest BCUT2D eigenvalue weighted by Gasteiger charge is 2.43. The first kappa shape index (κ1) is 31.6. The Hall–Kier alpha value is -3.91. The van der Waals surface area contributed by atoms with Crippen molar-refractivity contribution < 1.29 is 23.5 Å². The van der Waals surface area contributed by atoms with E-state index in [9.17, 15) is 28.3 Å². The van der Waals surface area contributed by atoms with E-state index in [1.165, 1.54) is 17.9 Å². The Morgan fingerprint density at radius 3 is 2.44 bits per heavy atom. The van der Waals surface area contributed by atoms with Crippen molar-refractivity contribution in [2.24, 2.45) is 5.92 Å². The molecule has 1 saturated carbocycles. The summed E-state index contributed by atoms with van der Waals surface area (Å²) >= 11 is 0.564. The molecule has 0 saturated heterocycles. The van der Waals surface area contributed by atoms with E-state index < -0.39 is 39.4 Å². The van der Waals surface area contributed by atoms with E-state index in [1.807, 2.05) is 0 Å². The van der Waals surface area contributed by atoms with Crippen LogP contribution < -0.4 is 16.1 Å². The molecule has 0 bridgehead atoms. The lowest BCUT2D eigenvalue weighted by atomic mass is 9.80. The molecule has 1 heterocycles. The van der Waals surface area contributed by atoms with Crippen molar-refractivity contribution in [3.63, 3.8) is 0 Å². The topological polar surface area (TPSA) is 186 Å². The third-order valence-electron chi connectivity index (χ3n) is 7.14. The first-order valence-electron chi connectivity index (χ1n) is 12.9. The van der Waals surface area contributed by atoms with Crippen LogP contribution in [0.15, 0.2) is 29.2 Å². The van der Waals surface area contributed by atoms with Gasteiger partial charge in [-0.3, -0.25) is 35.9 Å². The molecule has 1 aromatic heterocycles. The fourth-order valence-electron chi connectivity index (χ4n) is 4.98. The van der Waals surface area contributed by atoms with Gasteiger partial charge in [-0.1, -0.05) is 17.8 Å². The van der Waals surface area contributed by atoms with Crippen LogP contribution in [0.4, 0.5) is 8.78 Å². The van der Waals surface area contributed by atoms with Gasteiger partial charge in [0.2, 0.25) is 11.3 Å². The number of carbonyl (C=O) groups is 2. The lowest BCUT2D eigenvalue weighted by Gasteiger charge is -2.47. The lowest BCUT2D eigenvalue weighted by Crippen LogP contribution is -2.62. The number of amides is 2. The number of nitrogens with one attached hydrogen (secondary N) is 6. The fourth-order valence-corrected chi connectivity index (χ4v) is 5.71. The molecule has 2 amide bonds. The van der Waals surface area contributed by atoms with Crippen molar-refractivity contribution in [2.45, 2.75) is 51.6 Å². The predicted molar refractivity (Wildman–Crippen MR) is 153 cm³/mol. The number of H-pyrrole nitrogens is 1. The molecule has 0 unspecified atom stereocenters. The van der Waals surface area contributed by atoms with E-state index in [0.29, 0.717) is 43.5 Å². The molecule has 1 aliphatic carbocycles. The molecule has 1 aromatic carbocycles. The van der Waals surface area contributed by atoms with Gasteiger partial charge in [-0.2, -0.15) is 0 Å². The van der Waals surface area contributed by atoms with Crippen LogP contribution in [-0.4, -0.2) is 62.0 Å². The number of rotatable bonds is 8. The second kappa shape index (κ2) is 13.2. The summed E-state index contributed by atoms with van der Waals surface area (Å²) in [6.07, 6.45) is 2.61. The van der Waals surface area contributed by atoms with E-state index >= 15 is 0 Å². The second-order valence-electron chi connectivity index (χ2n) is 9.74. The molecule has 0 atom stereocenters. The first-order chi connectivity index (χ1) is 19.3. The molecule has 0 aliphatic heterocycles. The van der Waals surface area contributed by atoms with Gasteiger partial charge in [-0.25, -0.2) is 8.78 Å². The van der Waals surface area contributed by atoms with Crippen LogP contribution >= 0.6 is 11.8 Å². The third-order valence-corrected chi connectivity index (χ3v) is 7.96. The van der Waals surface area contributed by atoms with Crippen LogP contribution in [0.1, 0.15) is 61.1 Å². The average molecular weight is 590 g/mol. The molecule has 0 spiro atoms. The molecular weight excluding hydrogens is 556 g/mol. The van der Waals surface area contributed by atoms with Gasteiger partial charge in [0, 0.05) is 31.1 Å². The van der Waals surface area contributed by atoms with Crippen LogP contribution in [-0.2, 0) is 11.2 Å². The maximum absolute atomic E-state index is 13.9. The highest BCUT2D eigenvalue weighted by Crippen LogP contribution is 2.36. The number of aromatic amines is 1. The van der Waals surface area contributed by atoms with Gasteiger partial charge in [0.25, 0.3) is 5.91 Å². The number of carbonyl (C=O) groups excluding carboxylic acids is 2. The Bertz CT molecular complexity index is 1440. The summed E-state index contributed by atoms with van der Waals surface area (Å²) < 4.78 is 27.1. The Kier molecular flexibility index (Phi) is 10.2. The number of aromatic nitrogens is 1. The molecule has 11 nitrogen and oxygen atoms in total. The van der Waals surface area contributed by atoms with E-state index in [1.54, 1.807) is 14.0 Å². The average Bonchev–Trinajstić information content (AvgIpc) is 2.91. The standard InChI is InChI=1S/C27H33F2N7O4S/c1-4-36(27(33-3)9-7-15(8-10-27)25(39)35-14(2)30)26(40)21-23(38)22(37)18(13-34-21)24(32)41-20(31)11-16-5-6-17(28)12-19(16)29/h5-6,12-13,15,31-33,38H,4,7-11H2,1-3H3,(H,34,37)(H2,30,35,39). The zero-order chi connectivity index (χ0) is 30.5. The van der Waals surface area contributed by atoms with Crippen molar-refractivity contribution in [1.29, 1.82) is 16.2 Å². The molecule has 7 N–H and O–H groups in total. The Balaban J connectivity index is 1.76. The zero-order valence-corrected chi connectivity index (χ0v) is 23.7. The van der Waals surface area contributed by atoms with Gasteiger partial charge < -0.3 is 20.3 Å². The second-order valence-corrected chi connectivity index (χ2v) is 10.8. The van der Waals surface area contributed by atoms with Gasteiger partial charge in [0.05, 0.1) is 22.1 Å². The van der Waals surface area contributed by atoms with Crippen LogP contribution in [0.3, 0.4) is 0 Å². The molecule has 0 radical (unpaired) electrons. The number of nitrogens with zero attached hydrogens (tertiary/aromatic N) is 1. The predicted octanol–water partition coefficient (Wildman–Crippen LogP) is 3.32. The Morgan fingerprint density at radius 1 is 1.22 bits per heavy atom. The van der Waals surface area contributed by atoms with E-state index in [-0.39, 0.29) is 52.5 Å². The van der Waals surface area contributed by atoms with Crippen LogP contribution in [0.2, 0.25) is 0 Å². The maximum atomic E-state index is 13.9. The summed E-state index contributed by atoms with van der Waals surface area (Å²) in [6, 6.07) is 2.94. The molecule has 220 valence electrons. The first-order valence-corrected chi connectivity index (χ1v) is 13.7. The molecule has 41 heavy (non-hydrogen) atoms. The van der Waals surface area contributed by atoms with Crippen molar-refractivity contribution >= 4 is 39.5 Å². The van der Waals surface area contributed by atoms with Crippen molar-refractivity contribution in [3.8, 4) is 5.75 Å². The summed E-state index contributed by atoms with van der Waals surface area (Å²) in [4.78, 5) is 43.0. The summed E-state index contributed by atoms with van der Waals surface area (Å²) in [7, 11) is 1.69. The number of aromatic hydroxyl groups is 1. The largest absolute Gasteiger partial charge is 0.503 e. The lowest BCUT2D eigenvalue weighted by molar-refractivity contribution is -0.125. The van der Waals surface area contributed by atoms with Gasteiger partial charge in [-0.05, 0) is 58.2 Å². The number of amidine groups is 1. The number of hydrogen-bond acceptors (Lipinski definition) is 9. The van der Waals surface area contributed by atoms with Crippen molar-refractivity contribution in [3.05, 3.63) is 63.1 Å². The Labute approximate surface area is 239 Å². The van der Waals surface area contributed by atoms with Crippen molar-refractivity contribution in [1.82, 2.24) is 20.5 Å². The molecule has 2 aromatic rings. The molecular formula is C27H33F2N7O4S. The molecule has 1 fully saturated rings. The number of halogens is 2. The normalized spacial score (nSPS) is 18.4. The fraction of sp³-hybridized carbons (Fsp3) is 0.407. The summed E-state index contributed by atoms with van der Waals surface area (Å²) in [5.74, 6) is -3.64. The summed E-state index contributed by atoms with van der Waals surface area (Å²) in [6.45, 7) is 3.45. The summed E-state index contributed by atoms with van der Waals surface area (Å²) in [5, 5.41) is 39.6. The van der Waals surface area contributed by atoms with Gasteiger partial charge in [0.1, 0.15) is 16.7 Å². The quantitative estimate of drug-likeness (QED) is 0.141. The van der Waals surface area contributed by atoms with Crippen LogP contribution in [0.25, 0.3) is 0 Å². The number of benzene rings is 1. The number of thioether (sulfide) groups is 1. The SMILES string of the molecule is CCN(C(=O)c1[nH]cc(C(=N)SC(=N)Cc2ccc(F)cc2F)c(=O)c1O)C1(NC)CCC(C(=O)NC(C)=N)CC1. The molecule has 3 rings (SSSR count). The smallest absolute Gasteiger partial charge is 0.275 e. The monoisotopic (exact) mass is 589 g/mol. The summed E-state index contributed by atoms with van der Waals surface area (Å²) in [5.41, 5.74) is -2.43. The molecule has 1 aliphatic rings. The van der Waals surface area contributed by atoms with Gasteiger partial charge in [0.15, 0.2) is 11.4 Å². The third kappa shape index (κ3) is 7.06. The van der Waals surface area contributed by atoms with E-state index in [2.05, 4.69) is 15.6 Å². The van der Waals surface area contributed by atoms with E-state index in [0.717, 1.165) is 12.3 Å². The van der Waals surface area contributed by atoms with Gasteiger partial charge >= 0.3 is 0 Å². The minimum atomic E-state index is -0.984. The minimum absolute atomic E-state index is 0.0482. The minimum Gasteiger partial charge on any atom is -0.503 e. The highest BCUT2D eigenvalue weighted by atomic mass is 32.2. The maximum Gasteiger partial charge on any atom is 0.275 e. The zero-order valence-electron chi connectivity index (χ0n) is 22.9. The van der Waals surface area contributed by atoms with Gasteiger partial charge in [-0.15, -0.1) is 0 Å². The Morgan fingerprint density at radius 2 is 1.88 bits per heavy atom.